The van der Waals surface area contributed by atoms with Crippen LogP contribution in [0.3, 0.4) is 0 Å². The molecule has 0 saturated carbocycles. The first-order valence-electron chi connectivity index (χ1n) is 7.08. The highest BCUT2D eigenvalue weighted by atomic mass is 35.5. The molecule has 0 aliphatic rings. The van der Waals surface area contributed by atoms with Gasteiger partial charge in [0.1, 0.15) is 4.90 Å². The number of urea groups is 1. The van der Waals surface area contributed by atoms with Crippen molar-refractivity contribution in [1.29, 1.82) is 0 Å². The van der Waals surface area contributed by atoms with Gasteiger partial charge in [-0.2, -0.15) is 0 Å². The van der Waals surface area contributed by atoms with Gasteiger partial charge in [0.25, 0.3) is 10.0 Å². The third kappa shape index (κ3) is 4.59. The Morgan fingerprint density at radius 3 is 2.54 bits per heavy atom. The van der Waals surface area contributed by atoms with Crippen LogP contribution in [0.4, 0.5) is 16.2 Å². The van der Waals surface area contributed by atoms with Crippen LogP contribution in [-0.4, -0.2) is 25.5 Å². The summed E-state index contributed by atoms with van der Waals surface area (Å²) in [5.41, 5.74) is 0.788. The second-order valence-electron chi connectivity index (χ2n) is 5.21. The van der Waals surface area contributed by atoms with E-state index in [9.17, 15) is 13.2 Å². The fourth-order valence-electron chi connectivity index (χ4n) is 1.87. The summed E-state index contributed by atoms with van der Waals surface area (Å²) in [7, 11) is -4.10. The fraction of sp³-hybridized carbons (Fsp3) is 0.200. The van der Waals surface area contributed by atoms with E-state index in [1.165, 1.54) is 12.3 Å². The largest absolute Gasteiger partial charge is 0.353 e. The lowest BCUT2D eigenvalue weighted by Crippen LogP contribution is -2.42. The van der Waals surface area contributed by atoms with Crippen LogP contribution in [0.2, 0.25) is 5.02 Å². The number of benzene rings is 1. The van der Waals surface area contributed by atoms with Crippen LogP contribution in [0.5, 0.6) is 0 Å². The average molecular weight is 369 g/mol. The molecule has 0 aliphatic carbocycles. The van der Waals surface area contributed by atoms with Crippen molar-refractivity contribution in [2.45, 2.75) is 24.8 Å². The molecule has 2 amide bonds. The van der Waals surface area contributed by atoms with Gasteiger partial charge in [0, 0.05) is 18.4 Å². The van der Waals surface area contributed by atoms with E-state index in [2.05, 4.69) is 15.6 Å². The Morgan fingerprint density at radius 1 is 1.17 bits per heavy atom. The molecular weight excluding hydrogens is 352 g/mol. The molecule has 7 nitrogen and oxygen atoms in total. The SMILES string of the molecule is CC(C)NC(=O)NS(=O)(=O)c1cnccc1Nc1ccccc1Cl. The second kappa shape index (κ2) is 7.50. The Labute approximate surface area is 145 Å². The number of aromatic nitrogens is 1. The molecule has 0 spiro atoms. The number of rotatable bonds is 5. The number of carbonyl (C=O) groups is 1. The number of amides is 2. The van der Waals surface area contributed by atoms with E-state index in [1.54, 1.807) is 38.1 Å². The summed E-state index contributed by atoms with van der Waals surface area (Å²) in [6.45, 7) is 3.45. The van der Waals surface area contributed by atoms with Crippen molar-refractivity contribution < 1.29 is 13.2 Å². The molecule has 1 aromatic heterocycles. The summed E-state index contributed by atoms with van der Waals surface area (Å²) < 4.78 is 26.8. The van der Waals surface area contributed by atoms with E-state index in [-0.39, 0.29) is 16.6 Å². The van der Waals surface area contributed by atoms with Gasteiger partial charge in [0.05, 0.1) is 16.4 Å². The normalized spacial score (nSPS) is 11.2. The van der Waals surface area contributed by atoms with Crippen molar-refractivity contribution in [2.75, 3.05) is 5.32 Å². The molecule has 24 heavy (non-hydrogen) atoms. The van der Waals surface area contributed by atoms with Crippen LogP contribution in [0.25, 0.3) is 0 Å². The summed E-state index contributed by atoms with van der Waals surface area (Å²) in [6, 6.07) is 7.38. The summed E-state index contributed by atoms with van der Waals surface area (Å²) >= 11 is 6.08. The molecule has 0 radical (unpaired) electrons. The molecule has 2 aromatic rings. The number of sulfonamides is 1. The molecule has 0 saturated heterocycles. The van der Waals surface area contributed by atoms with Gasteiger partial charge in [-0.1, -0.05) is 23.7 Å². The predicted molar refractivity (Wildman–Crippen MR) is 93.0 cm³/mol. The Kier molecular flexibility index (Phi) is 5.63. The minimum atomic E-state index is -4.10. The summed E-state index contributed by atoms with van der Waals surface area (Å²) in [5.74, 6) is 0. The smallest absolute Gasteiger partial charge is 0.328 e. The van der Waals surface area contributed by atoms with Crippen LogP contribution in [0.15, 0.2) is 47.6 Å². The van der Waals surface area contributed by atoms with Crippen molar-refractivity contribution in [3.05, 3.63) is 47.7 Å². The lowest BCUT2D eigenvalue weighted by molar-refractivity contribution is 0.243. The van der Waals surface area contributed by atoms with E-state index >= 15 is 0 Å². The van der Waals surface area contributed by atoms with Crippen LogP contribution in [-0.2, 0) is 10.0 Å². The molecule has 1 aromatic carbocycles. The lowest BCUT2D eigenvalue weighted by atomic mass is 10.3. The van der Waals surface area contributed by atoms with Gasteiger partial charge in [-0.15, -0.1) is 0 Å². The number of pyridine rings is 1. The highest BCUT2D eigenvalue weighted by Gasteiger charge is 2.22. The van der Waals surface area contributed by atoms with Gasteiger partial charge in [-0.3, -0.25) is 4.98 Å². The third-order valence-corrected chi connectivity index (χ3v) is 4.55. The topological polar surface area (TPSA) is 100 Å². The number of para-hydroxylation sites is 1. The molecule has 0 aliphatic heterocycles. The minimum absolute atomic E-state index is 0.163. The molecule has 3 N–H and O–H groups in total. The van der Waals surface area contributed by atoms with Crippen molar-refractivity contribution in [3.63, 3.8) is 0 Å². The standard InChI is InChI=1S/C15H17ClN4O3S/c1-10(2)18-15(21)20-24(22,23)14-9-17-8-7-13(14)19-12-6-4-3-5-11(12)16/h3-10H,1-2H3,(H,17,19)(H2,18,20,21). The quantitative estimate of drug-likeness (QED) is 0.753. The van der Waals surface area contributed by atoms with Crippen molar-refractivity contribution >= 4 is 39.0 Å². The molecule has 0 unspecified atom stereocenters. The monoisotopic (exact) mass is 368 g/mol. The number of hydrogen-bond acceptors (Lipinski definition) is 5. The molecule has 9 heteroatoms. The zero-order valence-corrected chi connectivity index (χ0v) is 14.6. The zero-order valence-electron chi connectivity index (χ0n) is 13.1. The highest BCUT2D eigenvalue weighted by Crippen LogP contribution is 2.28. The van der Waals surface area contributed by atoms with Gasteiger partial charge in [0.2, 0.25) is 0 Å². The molecule has 0 bridgehead atoms. The maximum absolute atomic E-state index is 12.4. The van der Waals surface area contributed by atoms with Crippen molar-refractivity contribution in [2.24, 2.45) is 0 Å². The number of anilines is 2. The van der Waals surface area contributed by atoms with Gasteiger partial charge in [-0.25, -0.2) is 17.9 Å². The number of halogens is 1. The van der Waals surface area contributed by atoms with E-state index in [0.717, 1.165) is 6.20 Å². The van der Waals surface area contributed by atoms with E-state index in [4.69, 9.17) is 11.6 Å². The maximum Gasteiger partial charge on any atom is 0.328 e. The predicted octanol–water partition coefficient (Wildman–Crippen LogP) is 2.87. The first-order valence-corrected chi connectivity index (χ1v) is 8.94. The first kappa shape index (κ1) is 18.0. The number of carbonyl (C=O) groups excluding carboxylic acids is 1. The summed E-state index contributed by atoms with van der Waals surface area (Å²) in [5, 5.41) is 5.83. The third-order valence-electron chi connectivity index (χ3n) is 2.86. The average Bonchev–Trinajstić information content (AvgIpc) is 2.48. The molecule has 128 valence electrons. The molecular formula is C15H17ClN4O3S. The van der Waals surface area contributed by atoms with E-state index in [0.29, 0.717) is 10.7 Å². The van der Waals surface area contributed by atoms with Gasteiger partial charge in [0.15, 0.2) is 0 Å². The van der Waals surface area contributed by atoms with Crippen LogP contribution < -0.4 is 15.4 Å². The Hall–Kier alpha value is -2.32. The Morgan fingerprint density at radius 2 is 1.88 bits per heavy atom. The first-order chi connectivity index (χ1) is 11.3. The minimum Gasteiger partial charge on any atom is -0.353 e. The fourth-order valence-corrected chi connectivity index (χ4v) is 3.08. The summed E-state index contributed by atoms with van der Waals surface area (Å²) in [4.78, 5) is 15.4. The maximum atomic E-state index is 12.4. The Bertz CT molecular complexity index is 840. The number of nitrogens with one attached hydrogen (secondary N) is 3. The highest BCUT2D eigenvalue weighted by molar-refractivity contribution is 7.90. The van der Waals surface area contributed by atoms with Gasteiger partial charge < -0.3 is 10.6 Å². The lowest BCUT2D eigenvalue weighted by Gasteiger charge is -2.14. The zero-order chi connectivity index (χ0) is 17.7. The van der Waals surface area contributed by atoms with E-state index in [1.807, 2.05) is 4.72 Å². The number of nitrogens with zero attached hydrogens (tertiary/aromatic N) is 1. The van der Waals surface area contributed by atoms with Crippen molar-refractivity contribution in [3.8, 4) is 0 Å². The Balaban J connectivity index is 2.31. The molecule has 0 atom stereocenters. The van der Waals surface area contributed by atoms with E-state index < -0.39 is 16.1 Å². The van der Waals surface area contributed by atoms with Crippen LogP contribution in [0.1, 0.15) is 13.8 Å². The molecule has 0 fully saturated rings. The molecule has 2 rings (SSSR count). The second-order valence-corrected chi connectivity index (χ2v) is 7.27. The molecule has 1 heterocycles. The van der Waals surface area contributed by atoms with Crippen molar-refractivity contribution in [1.82, 2.24) is 15.0 Å². The van der Waals surface area contributed by atoms with Crippen LogP contribution >= 0.6 is 11.6 Å². The summed E-state index contributed by atoms with van der Waals surface area (Å²) in [6.07, 6.45) is 2.59. The van der Waals surface area contributed by atoms with Crippen LogP contribution in [0, 0.1) is 0 Å². The number of hydrogen-bond donors (Lipinski definition) is 3. The van der Waals surface area contributed by atoms with Gasteiger partial charge in [-0.05, 0) is 32.0 Å². The van der Waals surface area contributed by atoms with Gasteiger partial charge >= 0.3 is 6.03 Å².